The van der Waals surface area contributed by atoms with Crippen molar-refractivity contribution in [2.24, 2.45) is 0 Å². The van der Waals surface area contributed by atoms with Crippen LogP contribution in [0.2, 0.25) is 0 Å². The molecule has 0 radical (unpaired) electrons. The molecule has 0 spiro atoms. The molecule has 0 aliphatic carbocycles. The maximum atomic E-state index is 13.0. The highest BCUT2D eigenvalue weighted by Crippen LogP contribution is 2.16. The number of carboxylic acids is 1. The number of rotatable bonds is 2. The van der Waals surface area contributed by atoms with Gasteiger partial charge in [-0.15, -0.1) is 0 Å². The van der Waals surface area contributed by atoms with Crippen LogP contribution >= 0.6 is 0 Å². The van der Waals surface area contributed by atoms with Crippen LogP contribution in [0.3, 0.4) is 0 Å². The van der Waals surface area contributed by atoms with E-state index in [0.29, 0.717) is 13.0 Å². The zero-order valence-corrected chi connectivity index (χ0v) is 8.85. The van der Waals surface area contributed by atoms with E-state index < -0.39 is 11.9 Å². The van der Waals surface area contributed by atoms with Gasteiger partial charge in [-0.25, -0.2) is 9.18 Å². The van der Waals surface area contributed by atoms with Gasteiger partial charge in [0.2, 0.25) is 0 Å². The van der Waals surface area contributed by atoms with Gasteiger partial charge in [-0.05, 0) is 12.5 Å². The van der Waals surface area contributed by atoms with Crippen molar-refractivity contribution in [1.29, 1.82) is 0 Å². The maximum Gasteiger partial charge on any atom is 0.338 e. The molecule has 0 saturated heterocycles. The van der Waals surface area contributed by atoms with Crippen LogP contribution in [0.25, 0.3) is 0 Å². The van der Waals surface area contributed by atoms with E-state index in [0.717, 1.165) is 12.3 Å². The van der Waals surface area contributed by atoms with E-state index >= 15 is 0 Å². The van der Waals surface area contributed by atoms with Gasteiger partial charge in [0.1, 0.15) is 12.1 Å². The van der Waals surface area contributed by atoms with E-state index in [1.54, 1.807) is 0 Å². The molecular formula is C11H10FNO4. The van der Waals surface area contributed by atoms with E-state index in [9.17, 15) is 14.0 Å². The summed E-state index contributed by atoms with van der Waals surface area (Å²) in [6, 6.07) is 1.14. The Morgan fingerprint density at radius 3 is 2.82 bits per heavy atom. The van der Waals surface area contributed by atoms with Gasteiger partial charge >= 0.3 is 5.97 Å². The van der Waals surface area contributed by atoms with Crippen LogP contribution in [0.4, 0.5) is 4.39 Å². The van der Waals surface area contributed by atoms with Gasteiger partial charge < -0.3 is 14.4 Å². The molecule has 2 rings (SSSR count). The van der Waals surface area contributed by atoms with Crippen LogP contribution in [0.5, 0.6) is 0 Å². The molecule has 0 unspecified atom stereocenters. The van der Waals surface area contributed by atoms with Crippen molar-refractivity contribution in [1.82, 2.24) is 4.90 Å². The Labute approximate surface area is 96.1 Å². The summed E-state index contributed by atoms with van der Waals surface area (Å²) >= 11 is 0. The maximum absolute atomic E-state index is 13.0. The average molecular weight is 239 g/mol. The molecule has 2 heterocycles. The van der Waals surface area contributed by atoms with Gasteiger partial charge in [-0.2, -0.15) is 0 Å². The molecule has 0 bridgehead atoms. The molecule has 5 nitrogen and oxygen atoms in total. The normalized spacial score (nSPS) is 15.6. The predicted octanol–water partition coefficient (Wildman–Crippen LogP) is 1.68. The van der Waals surface area contributed by atoms with Gasteiger partial charge in [0, 0.05) is 12.6 Å². The second kappa shape index (κ2) is 4.40. The molecule has 1 aliphatic heterocycles. The fraction of sp³-hybridized carbons (Fsp3) is 0.273. The summed E-state index contributed by atoms with van der Waals surface area (Å²) in [6.07, 6.45) is 2.87. The van der Waals surface area contributed by atoms with Crippen LogP contribution in [-0.2, 0) is 0 Å². The fourth-order valence-electron chi connectivity index (χ4n) is 1.59. The Morgan fingerprint density at radius 2 is 2.24 bits per heavy atom. The quantitative estimate of drug-likeness (QED) is 0.852. The third-order valence-corrected chi connectivity index (χ3v) is 2.45. The Balaban J connectivity index is 2.14. The van der Waals surface area contributed by atoms with Crippen molar-refractivity contribution in [2.75, 3.05) is 13.1 Å². The zero-order valence-electron chi connectivity index (χ0n) is 8.85. The van der Waals surface area contributed by atoms with Gasteiger partial charge in [0.05, 0.1) is 12.1 Å². The third kappa shape index (κ3) is 2.35. The first-order valence-electron chi connectivity index (χ1n) is 5.03. The van der Waals surface area contributed by atoms with Crippen LogP contribution < -0.4 is 0 Å². The molecular weight excluding hydrogens is 229 g/mol. The number of aromatic carboxylic acids is 1. The molecule has 0 saturated carbocycles. The minimum atomic E-state index is -1.17. The molecule has 1 aromatic rings. The summed E-state index contributed by atoms with van der Waals surface area (Å²) < 4.78 is 17.8. The Hall–Kier alpha value is -2.11. The van der Waals surface area contributed by atoms with E-state index in [1.807, 2.05) is 0 Å². The summed E-state index contributed by atoms with van der Waals surface area (Å²) in [4.78, 5) is 23.7. The molecule has 17 heavy (non-hydrogen) atoms. The monoisotopic (exact) mass is 239 g/mol. The molecule has 0 aromatic carbocycles. The number of hydrogen-bond acceptors (Lipinski definition) is 3. The molecule has 6 heteroatoms. The molecule has 1 aliphatic rings. The smallest absolute Gasteiger partial charge is 0.338 e. The number of nitrogens with zero attached hydrogens (tertiary/aromatic N) is 1. The van der Waals surface area contributed by atoms with E-state index in [4.69, 9.17) is 9.52 Å². The standard InChI is InChI=1S/C11H10FNO4/c12-8-2-1-3-13(5-8)10(14)9-4-7(6-17-9)11(15)16/h2,4,6H,1,3,5H2,(H,15,16). The summed E-state index contributed by atoms with van der Waals surface area (Å²) in [5, 5.41) is 8.68. The van der Waals surface area contributed by atoms with E-state index in [1.165, 1.54) is 11.0 Å². The van der Waals surface area contributed by atoms with Gasteiger partial charge in [-0.1, -0.05) is 0 Å². The van der Waals surface area contributed by atoms with Crippen molar-refractivity contribution in [2.45, 2.75) is 6.42 Å². The molecule has 1 amide bonds. The molecule has 1 aromatic heterocycles. The first-order valence-corrected chi connectivity index (χ1v) is 5.03. The highest BCUT2D eigenvalue weighted by Gasteiger charge is 2.23. The number of carboxylic acid groups (broad SMARTS) is 1. The number of halogens is 1. The van der Waals surface area contributed by atoms with E-state index in [2.05, 4.69) is 0 Å². The lowest BCUT2D eigenvalue weighted by Gasteiger charge is -2.23. The minimum absolute atomic E-state index is 0.0860. The lowest BCUT2D eigenvalue weighted by atomic mass is 10.2. The number of furan rings is 1. The Morgan fingerprint density at radius 1 is 1.47 bits per heavy atom. The summed E-state index contributed by atoms with van der Waals surface area (Å²) in [7, 11) is 0. The molecule has 0 fully saturated rings. The van der Waals surface area contributed by atoms with Crippen molar-refractivity contribution < 1.29 is 23.5 Å². The minimum Gasteiger partial charge on any atom is -0.478 e. The first-order chi connectivity index (χ1) is 8.08. The number of carbonyl (C=O) groups excluding carboxylic acids is 1. The van der Waals surface area contributed by atoms with Crippen LogP contribution in [0.15, 0.2) is 28.6 Å². The van der Waals surface area contributed by atoms with Gasteiger partial charge in [-0.3, -0.25) is 4.79 Å². The van der Waals surface area contributed by atoms with E-state index in [-0.39, 0.29) is 23.7 Å². The average Bonchev–Trinajstić information content (AvgIpc) is 2.77. The van der Waals surface area contributed by atoms with Gasteiger partial charge in [0.25, 0.3) is 5.91 Å². The molecule has 1 N–H and O–H groups in total. The van der Waals surface area contributed by atoms with Crippen molar-refractivity contribution in [3.8, 4) is 0 Å². The van der Waals surface area contributed by atoms with Crippen molar-refractivity contribution in [3.05, 3.63) is 35.6 Å². The number of amides is 1. The number of hydrogen-bond donors (Lipinski definition) is 1. The van der Waals surface area contributed by atoms with Crippen LogP contribution in [-0.4, -0.2) is 35.0 Å². The fourth-order valence-corrected chi connectivity index (χ4v) is 1.59. The Bertz CT molecular complexity index is 491. The topological polar surface area (TPSA) is 70.7 Å². The largest absolute Gasteiger partial charge is 0.478 e. The SMILES string of the molecule is O=C(O)c1coc(C(=O)N2CCC=C(F)C2)c1. The Kier molecular flexibility index (Phi) is 2.95. The first kappa shape index (κ1) is 11.4. The molecule has 90 valence electrons. The van der Waals surface area contributed by atoms with Gasteiger partial charge in [0.15, 0.2) is 5.76 Å². The highest BCUT2D eigenvalue weighted by atomic mass is 19.1. The summed E-state index contributed by atoms with van der Waals surface area (Å²) in [5.74, 6) is -2.12. The van der Waals surface area contributed by atoms with Crippen molar-refractivity contribution >= 4 is 11.9 Å². The lowest BCUT2D eigenvalue weighted by molar-refractivity contribution is 0.0694. The predicted molar refractivity (Wildman–Crippen MR) is 55.4 cm³/mol. The lowest BCUT2D eigenvalue weighted by Crippen LogP contribution is -2.34. The summed E-state index contributed by atoms with van der Waals surface area (Å²) in [5.41, 5.74) is -0.0960. The van der Waals surface area contributed by atoms with Crippen LogP contribution in [0, 0.1) is 0 Å². The van der Waals surface area contributed by atoms with Crippen LogP contribution in [0.1, 0.15) is 27.3 Å². The second-order valence-electron chi connectivity index (χ2n) is 3.67. The third-order valence-electron chi connectivity index (χ3n) is 2.45. The summed E-state index contributed by atoms with van der Waals surface area (Å²) in [6.45, 7) is 0.303. The zero-order chi connectivity index (χ0) is 12.4. The second-order valence-corrected chi connectivity index (χ2v) is 3.67. The van der Waals surface area contributed by atoms with Crippen molar-refractivity contribution in [3.63, 3.8) is 0 Å². The highest BCUT2D eigenvalue weighted by molar-refractivity contribution is 5.95. The molecule has 0 atom stereocenters. The number of carbonyl (C=O) groups is 2.